The Balaban J connectivity index is 2.18. The number of carbonyl (C=O) groups is 1. The van der Waals surface area contributed by atoms with Gasteiger partial charge in [-0.3, -0.25) is 4.79 Å². The molecule has 1 heterocycles. The summed E-state index contributed by atoms with van der Waals surface area (Å²) in [6.45, 7) is 6.14. The van der Waals surface area contributed by atoms with Gasteiger partial charge in [0.1, 0.15) is 0 Å². The largest absolute Gasteiger partial charge is 0.343 e. The molecule has 0 aromatic rings. The summed E-state index contributed by atoms with van der Waals surface area (Å²) in [6, 6.07) is 0. The number of rotatable bonds is 3. The maximum atomic E-state index is 11.5. The first-order valence-corrected chi connectivity index (χ1v) is 4.77. The summed E-state index contributed by atoms with van der Waals surface area (Å²) in [5.41, 5.74) is 0. The van der Waals surface area contributed by atoms with Gasteiger partial charge in [-0.2, -0.15) is 0 Å². The van der Waals surface area contributed by atoms with Gasteiger partial charge in [-0.05, 0) is 25.2 Å². The van der Waals surface area contributed by atoms with Crippen molar-refractivity contribution >= 4 is 5.91 Å². The molecule has 1 saturated heterocycles. The molecule has 0 aromatic heterocycles. The number of carbonyl (C=O) groups excluding carboxylic acids is 1. The molecular formula is C10H18NO. The van der Waals surface area contributed by atoms with Crippen LogP contribution >= 0.6 is 0 Å². The summed E-state index contributed by atoms with van der Waals surface area (Å²) in [5.74, 6) is 1.69. The van der Waals surface area contributed by atoms with Crippen LogP contribution in [0.25, 0.3) is 0 Å². The predicted molar refractivity (Wildman–Crippen MR) is 49.6 cm³/mol. The lowest BCUT2D eigenvalue weighted by Gasteiger charge is -2.15. The first-order valence-electron chi connectivity index (χ1n) is 4.77. The molecule has 0 atom stereocenters. The van der Waals surface area contributed by atoms with Crippen molar-refractivity contribution in [1.82, 2.24) is 4.90 Å². The van der Waals surface area contributed by atoms with Crippen LogP contribution in [0.2, 0.25) is 0 Å². The molecule has 0 aromatic carbocycles. The molecule has 0 spiro atoms. The highest BCUT2D eigenvalue weighted by atomic mass is 16.2. The van der Waals surface area contributed by atoms with Crippen LogP contribution in [-0.2, 0) is 4.79 Å². The average molecular weight is 168 g/mol. The zero-order valence-corrected chi connectivity index (χ0v) is 8.10. The second kappa shape index (κ2) is 4.48. The summed E-state index contributed by atoms with van der Waals surface area (Å²) in [5, 5.41) is 0. The second-order valence-corrected chi connectivity index (χ2v) is 3.80. The minimum atomic E-state index is 0.341. The molecule has 0 N–H and O–H groups in total. The standard InChI is InChI=1S/C10H18NO/c1-9(2)5-6-10(12)11-7-3-4-8-11/h3-8H2,1-2H3. The molecule has 2 heteroatoms. The molecule has 12 heavy (non-hydrogen) atoms. The summed E-state index contributed by atoms with van der Waals surface area (Å²) < 4.78 is 0. The van der Waals surface area contributed by atoms with Crippen LogP contribution in [0.4, 0.5) is 0 Å². The van der Waals surface area contributed by atoms with Gasteiger partial charge in [-0.1, -0.05) is 13.8 Å². The molecule has 2 nitrogen and oxygen atoms in total. The van der Waals surface area contributed by atoms with E-state index >= 15 is 0 Å². The van der Waals surface area contributed by atoms with Gasteiger partial charge in [0, 0.05) is 19.5 Å². The summed E-state index contributed by atoms with van der Waals surface area (Å²) >= 11 is 0. The zero-order chi connectivity index (χ0) is 8.97. The molecule has 69 valence electrons. The lowest BCUT2D eigenvalue weighted by molar-refractivity contribution is -0.130. The van der Waals surface area contributed by atoms with E-state index in [0.29, 0.717) is 12.3 Å². The Labute approximate surface area is 74.9 Å². The molecule has 0 bridgehead atoms. The molecule has 1 rings (SSSR count). The van der Waals surface area contributed by atoms with Crippen molar-refractivity contribution in [2.75, 3.05) is 13.1 Å². The summed E-state index contributed by atoms with van der Waals surface area (Å²) in [4.78, 5) is 13.5. The van der Waals surface area contributed by atoms with E-state index in [1.54, 1.807) is 0 Å². The summed E-state index contributed by atoms with van der Waals surface area (Å²) in [6.07, 6.45) is 4.05. The molecule has 1 amide bonds. The van der Waals surface area contributed by atoms with Gasteiger partial charge in [0.15, 0.2) is 0 Å². The van der Waals surface area contributed by atoms with Gasteiger partial charge in [-0.15, -0.1) is 0 Å². The maximum absolute atomic E-state index is 11.5. The van der Waals surface area contributed by atoms with Crippen molar-refractivity contribution in [2.24, 2.45) is 0 Å². The molecule has 0 saturated carbocycles. The summed E-state index contributed by atoms with van der Waals surface area (Å²) in [7, 11) is 0. The van der Waals surface area contributed by atoms with E-state index in [0.717, 1.165) is 19.5 Å². The SMILES string of the molecule is C[C](C)CCC(=O)N1CCCC1. The first kappa shape index (κ1) is 9.56. The van der Waals surface area contributed by atoms with Crippen LogP contribution < -0.4 is 0 Å². The van der Waals surface area contributed by atoms with Crippen molar-refractivity contribution in [3.63, 3.8) is 0 Å². The number of amides is 1. The van der Waals surface area contributed by atoms with Crippen LogP contribution in [0.1, 0.15) is 39.5 Å². The van der Waals surface area contributed by atoms with Crippen LogP contribution in [0, 0.1) is 5.92 Å². The minimum absolute atomic E-state index is 0.341. The molecule has 1 fully saturated rings. The van der Waals surface area contributed by atoms with E-state index in [-0.39, 0.29) is 0 Å². The maximum Gasteiger partial charge on any atom is 0.222 e. The Morgan fingerprint density at radius 2 is 1.75 bits per heavy atom. The van der Waals surface area contributed by atoms with Gasteiger partial charge in [0.25, 0.3) is 0 Å². The number of hydrogen-bond acceptors (Lipinski definition) is 1. The molecule has 1 aliphatic heterocycles. The Hall–Kier alpha value is -0.530. The van der Waals surface area contributed by atoms with Gasteiger partial charge in [0.05, 0.1) is 0 Å². The Kier molecular flexibility index (Phi) is 3.57. The lowest BCUT2D eigenvalue weighted by Crippen LogP contribution is -2.27. The monoisotopic (exact) mass is 168 g/mol. The quantitative estimate of drug-likeness (QED) is 0.631. The van der Waals surface area contributed by atoms with Crippen molar-refractivity contribution < 1.29 is 4.79 Å². The highest BCUT2D eigenvalue weighted by Gasteiger charge is 2.17. The predicted octanol–water partition coefficient (Wildman–Crippen LogP) is 2.00. The smallest absolute Gasteiger partial charge is 0.222 e. The fraction of sp³-hybridized carbons (Fsp3) is 0.800. The molecule has 0 aliphatic carbocycles. The van der Waals surface area contributed by atoms with Gasteiger partial charge >= 0.3 is 0 Å². The first-order chi connectivity index (χ1) is 5.70. The van der Waals surface area contributed by atoms with Crippen LogP contribution in [0.5, 0.6) is 0 Å². The number of likely N-dealkylation sites (tertiary alicyclic amines) is 1. The highest BCUT2D eigenvalue weighted by molar-refractivity contribution is 5.76. The molecular weight excluding hydrogens is 150 g/mol. The fourth-order valence-electron chi connectivity index (χ4n) is 1.48. The van der Waals surface area contributed by atoms with Crippen LogP contribution in [0.15, 0.2) is 0 Å². The Bertz CT molecular complexity index is 148. The highest BCUT2D eigenvalue weighted by Crippen LogP contribution is 2.12. The third kappa shape index (κ3) is 2.84. The minimum Gasteiger partial charge on any atom is -0.343 e. The van der Waals surface area contributed by atoms with E-state index in [4.69, 9.17) is 0 Å². The van der Waals surface area contributed by atoms with Crippen molar-refractivity contribution in [3.05, 3.63) is 5.92 Å². The fourth-order valence-corrected chi connectivity index (χ4v) is 1.48. The number of hydrogen-bond donors (Lipinski definition) is 0. The Morgan fingerprint density at radius 1 is 1.17 bits per heavy atom. The molecule has 1 radical (unpaired) electrons. The van der Waals surface area contributed by atoms with Gasteiger partial charge in [0.2, 0.25) is 5.91 Å². The van der Waals surface area contributed by atoms with Crippen molar-refractivity contribution in [2.45, 2.75) is 39.5 Å². The van der Waals surface area contributed by atoms with E-state index < -0.39 is 0 Å². The average Bonchev–Trinajstić information content (AvgIpc) is 2.51. The van der Waals surface area contributed by atoms with Gasteiger partial charge in [-0.25, -0.2) is 0 Å². The van der Waals surface area contributed by atoms with Gasteiger partial charge < -0.3 is 4.90 Å². The molecule has 1 aliphatic rings. The van der Waals surface area contributed by atoms with E-state index in [2.05, 4.69) is 13.8 Å². The lowest BCUT2D eigenvalue weighted by atomic mass is 10.1. The van der Waals surface area contributed by atoms with Crippen molar-refractivity contribution in [3.8, 4) is 0 Å². The second-order valence-electron chi connectivity index (χ2n) is 3.80. The third-order valence-electron chi connectivity index (χ3n) is 2.30. The van der Waals surface area contributed by atoms with Crippen LogP contribution in [-0.4, -0.2) is 23.9 Å². The number of nitrogens with zero attached hydrogens (tertiary/aromatic N) is 1. The van der Waals surface area contributed by atoms with E-state index in [1.807, 2.05) is 4.90 Å². The molecule has 0 unspecified atom stereocenters. The third-order valence-corrected chi connectivity index (χ3v) is 2.30. The zero-order valence-electron chi connectivity index (χ0n) is 8.10. The normalized spacial score (nSPS) is 17.4. The van der Waals surface area contributed by atoms with E-state index in [1.165, 1.54) is 18.8 Å². The topological polar surface area (TPSA) is 20.3 Å². The van der Waals surface area contributed by atoms with Crippen molar-refractivity contribution in [1.29, 1.82) is 0 Å². The van der Waals surface area contributed by atoms with Crippen LogP contribution in [0.3, 0.4) is 0 Å². The van der Waals surface area contributed by atoms with E-state index in [9.17, 15) is 4.79 Å². The Morgan fingerprint density at radius 3 is 2.25 bits per heavy atom.